The summed E-state index contributed by atoms with van der Waals surface area (Å²) in [6.45, 7) is 8.31. The van der Waals surface area contributed by atoms with Gasteiger partial charge in [-0.2, -0.15) is 0 Å². The summed E-state index contributed by atoms with van der Waals surface area (Å²) in [7, 11) is 1.84. The van der Waals surface area contributed by atoms with Crippen molar-refractivity contribution < 1.29 is 9.39 Å². The van der Waals surface area contributed by atoms with Gasteiger partial charge in [0.2, 0.25) is 0 Å². The minimum absolute atomic E-state index is 0.204. The minimum Gasteiger partial charge on any atom is -0.429 e. The Morgan fingerprint density at radius 2 is 1.45 bits per heavy atom. The van der Waals surface area contributed by atoms with Gasteiger partial charge in [0.1, 0.15) is 0 Å². The minimum atomic E-state index is -0.395. The van der Waals surface area contributed by atoms with Gasteiger partial charge in [-0.1, -0.05) is 48.5 Å². The Labute approximate surface area is 172 Å². The van der Waals surface area contributed by atoms with Crippen LogP contribution in [0.3, 0.4) is 0 Å². The highest BCUT2D eigenvalue weighted by molar-refractivity contribution is 6.29. The van der Waals surface area contributed by atoms with Crippen molar-refractivity contribution in [1.82, 2.24) is 4.57 Å². The molecular formula is C25H25BNO2. The van der Waals surface area contributed by atoms with Crippen LogP contribution in [0.25, 0.3) is 27.5 Å². The SMILES string of the molecule is CC1(C)O[B]C(c2ccc3c4ccccc4n(-c4ccccc4)c3c2)OC1(C)C. The van der Waals surface area contributed by atoms with Gasteiger partial charge in [-0.3, -0.25) is 0 Å². The lowest BCUT2D eigenvalue weighted by Crippen LogP contribution is -2.55. The molecule has 1 aromatic heterocycles. The molecule has 3 nitrogen and oxygen atoms in total. The van der Waals surface area contributed by atoms with Crippen LogP contribution in [0.4, 0.5) is 0 Å². The van der Waals surface area contributed by atoms with Crippen molar-refractivity contribution in [2.45, 2.75) is 44.9 Å². The maximum absolute atomic E-state index is 6.45. The fraction of sp³-hybridized carbons (Fsp3) is 0.280. The monoisotopic (exact) mass is 382 g/mol. The first-order chi connectivity index (χ1) is 13.9. The molecule has 4 aromatic rings. The summed E-state index contributed by atoms with van der Waals surface area (Å²) in [5, 5.41) is 2.49. The fourth-order valence-electron chi connectivity index (χ4n) is 4.03. The molecule has 1 saturated heterocycles. The summed E-state index contributed by atoms with van der Waals surface area (Å²) in [5.41, 5.74) is 3.87. The quantitative estimate of drug-likeness (QED) is 0.397. The molecule has 2 heterocycles. The number of nitrogens with zero attached hydrogens (tertiary/aromatic N) is 1. The predicted octanol–water partition coefficient (Wildman–Crippen LogP) is 6.01. The Balaban J connectivity index is 1.69. The molecule has 29 heavy (non-hydrogen) atoms. The highest BCUT2D eigenvalue weighted by Gasteiger charge is 2.45. The average molecular weight is 382 g/mol. The zero-order valence-electron chi connectivity index (χ0n) is 17.3. The van der Waals surface area contributed by atoms with Gasteiger partial charge in [0, 0.05) is 16.5 Å². The first-order valence-corrected chi connectivity index (χ1v) is 10.1. The van der Waals surface area contributed by atoms with Gasteiger partial charge in [0.05, 0.1) is 28.2 Å². The van der Waals surface area contributed by atoms with E-state index in [1.54, 1.807) is 0 Å². The van der Waals surface area contributed by atoms with Crippen LogP contribution in [-0.2, 0) is 9.39 Å². The molecule has 1 fully saturated rings. The van der Waals surface area contributed by atoms with E-state index in [4.69, 9.17) is 9.39 Å². The summed E-state index contributed by atoms with van der Waals surface area (Å²) in [6, 6.07) is 25.5. The Hall–Kier alpha value is -2.56. The van der Waals surface area contributed by atoms with Crippen molar-refractivity contribution >= 4 is 29.3 Å². The molecule has 1 aliphatic heterocycles. The van der Waals surface area contributed by atoms with Crippen LogP contribution < -0.4 is 0 Å². The van der Waals surface area contributed by atoms with Gasteiger partial charge in [-0.05, 0) is 57.5 Å². The van der Waals surface area contributed by atoms with Crippen molar-refractivity contribution in [3.8, 4) is 5.69 Å². The normalized spacial score (nSPS) is 20.6. The van der Waals surface area contributed by atoms with Crippen LogP contribution in [0.2, 0.25) is 0 Å². The molecule has 0 aliphatic carbocycles. The highest BCUT2D eigenvalue weighted by Crippen LogP contribution is 2.40. The van der Waals surface area contributed by atoms with E-state index in [0.717, 1.165) is 11.3 Å². The zero-order chi connectivity index (χ0) is 20.2. The Morgan fingerprint density at radius 3 is 2.21 bits per heavy atom. The number of rotatable bonds is 2. The maximum Gasteiger partial charge on any atom is 0.330 e. The van der Waals surface area contributed by atoms with Crippen LogP contribution in [0, 0.1) is 0 Å². The molecule has 0 bridgehead atoms. The Bertz CT molecular complexity index is 1190. The number of hydrogen-bond acceptors (Lipinski definition) is 2. The van der Waals surface area contributed by atoms with Crippen molar-refractivity contribution in [3.05, 3.63) is 78.4 Å². The second kappa shape index (κ2) is 6.48. The lowest BCUT2D eigenvalue weighted by Gasteiger charge is -2.48. The van der Waals surface area contributed by atoms with E-state index >= 15 is 0 Å². The topological polar surface area (TPSA) is 23.4 Å². The van der Waals surface area contributed by atoms with Gasteiger partial charge in [-0.15, -0.1) is 0 Å². The summed E-state index contributed by atoms with van der Waals surface area (Å²) in [4.78, 5) is 0. The number of benzene rings is 3. The number of hydrogen-bond donors (Lipinski definition) is 0. The number of aromatic nitrogens is 1. The van der Waals surface area contributed by atoms with Crippen molar-refractivity contribution in [1.29, 1.82) is 0 Å². The van der Waals surface area contributed by atoms with E-state index in [2.05, 4.69) is 105 Å². The van der Waals surface area contributed by atoms with Gasteiger partial charge in [-0.25, -0.2) is 0 Å². The van der Waals surface area contributed by atoms with E-state index in [9.17, 15) is 0 Å². The Kier molecular flexibility index (Phi) is 4.13. The molecule has 145 valence electrons. The van der Waals surface area contributed by atoms with Crippen LogP contribution >= 0.6 is 0 Å². The fourth-order valence-corrected chi connectivity index (χ4v) is 4.03. The predicted molar refractivity (Wildman–Crippen MR) is 120 cm³/mol. The molecule has 4 heteroatoms. The first-order valence-electron chi connectivity index (χ1n) is 10.1. The molecule has 0 saturated carbocycles. The van der Waals surface area contributed by atoms with Crippen molar-refractivity contribution in [2.75, 3.05) is 0 Å². The molecule has 0 spiro atoms. The third-order valence-electron chi connectivity index (χ3n) is 6.40. The van der Waals surface area contributed by atoms with E-state index in [1.165, 1.54) is 21.8 Å². The van der Waals surface area contributed by atoms with Crippen LogP contribution in [-0.4, -0.2) is 23.3 Å². The maximum atomic E-state index is 6.45. The number of para-hydroxylation sites is 2. The van der Waals surface area contributed by atoms with Crippen LogP contribution in [0.5, 0.6) is 0 Å². The second-order valence-corrected chi connectivity index (χ2v) is 8.78. The van der Waals surface area contributed by atoms with E-state index in [-0.39, 0.29) is 11.6 Å². The van der Waals surface area contributed by atoms with Crippen LogP contribution in [0.1, 0.15) is 39.3 Å². The van der Waals surface area contributed by atoms with Gasteiger partial charge in [0.25, 0.3) is 0 Å². The molecule has 1 radical (unpaired) electrons. The summed E-state index contributed by atoms with van der Waals surface area (Å²) < 4.78 is 14.9. The van der Waals surface area contributed by atoms with E-state index in [0.29, 0.717) is 0 Å². The number of fused-ring (bicyclic) bond motifs is 3. The second-order valence-electron chi connectivity index (χ2n) is 8.78. The molecule has 0 amide bonds. The smallest absolute Gasteiger partial charge is 0.330 e. The molecule has 3 aromatic carbocycles. The third-order valence-corrected chi connectivity index (χ3v) is 6.40. The Morgan fingerprint density at radius 1 is 0.759 bits per heavy atom. The molecule has 1 unspecified atom stereocenters. The molecular weight excluding hydrogens is 357 g/mol. The van der Waals surface area contributed by atoms with Crippen molar-refractivity contribution in [2.24, 2.45) is 0 Å². The third kappa shape index (κ3) is 2.90. The number of ether oxygens (including phenoxy) is 1. The largest absolute Gasteiger partial charge is 0.429 e. The molecule has 1 aliphatic rings. The van der Waals surface area contributed by atoms with Gasteiger partial charge in [0.15, 0.2) is 0 Å². The molecule has 1 atom stereocenters. The van der Waals surface area contributed by atoms with Gasteiger partial charge >= 0.3 is 7.48 Å². The zero-order valence-corrected chi connectivity index (χ0v) is 17.3. The van der Waals surface area contributed by atoms with E-state index in [1.807, 2.05) is 7.48 Å². The lowest BCUT2D eigenvalue weighted by molar-refractivity contribution is -0.178. The standard InChI is InChI=1S/C25H25BNO2/c1-24(2)25(3,4)29-26-23(28-24)17-14-15-20-19-12-8-9-13-21(19)27(22(20)16-17)18-10-6-5-7-11-18/h5-16,23H,1-4H3. The summed E-state index contributed by atoms with van der Waals surface area (Å²) >= 11 is 0. The molecule has 5 rings (SSSR count). The molecule has 0 N–H and O–H groups in total. The van der Waals surface area contributed by atoms with E-state index < -0.39 is 5.60 Å². The van der Waals surface area contributed by atoms with Gasteiger partial charge < -0.3 is 14.0 Å². The summed E-state index contributed by atoms with van der Waals surface area (Å²) in [6.07, 6.45) is 0. The first kappa shape index (κ1) is 18.5. The van der Waals surface area contributed by atoms with Crippen LogP contribution in [0.15, 0.2) is 72.8 Å². The lowest BCUT2D eigenvalue weighted by atomic mass is 9.76. The average Bonchev–Trinajstić information content (AvgIpc) is 3.04. The highest BCUT2D eigenvalue weighted by atomic mass is 16.6. The summed E-state index contributed by atoms with van der Waals surface area (Å²) in [5.74, 6) is 0. The van der Waals surface area contributed by atoms with Crippen molar-refractivity contribution in [3.63, 3.8) is 0 Å².